The molecule has 128 valence electrons. The molecule has 0 unspecified atom stereocenters. The summed E-state index contributed by atoms with van der Waals surface area (Å²) in [7, 11) is 1.35. The van der Waals surface area contributed by atoms with Crippen LogP contribution in [0.25, 0.3) is 11.1 Å². The lowest BCUT2D eigenvalue weighted by Gasteiger charge is -2.15. The molecule has 0 amide bonds. The summed E-state index contributed by atoms with van der Waals surface area (Å²) in [6, 6.07) is 15.2. The summed E-state index contributed by atoms with van der Waals surface area (Å²) in [6.45, 7) is 0.163. The maximum atomic E-state index is 14.4. The molecule has 0 saturated carbocycles. The SMILES string of the molecule is COc1ccc(F)c(F)c1-c1ccc(F)cc1OCc1ccccc1. The first kappa shape index (κ1) is 16.9. The van der Waals surface area contributed by atoms with Crippen molar-refractivity contribution in [2.75, 3.05) is 7.11 Å². The summed E-state index contributed by atoms with van der Waals surface area (Å²) in [5.74, 6) is -2.39. The van der Waals surface area contributed by atoms with Crippen LogP contribution in [0, 0.1) is 17.5 Å². The van der Waals surface area contributed by atoms with E-state index in [0.717, 1.165) is 23.8 Å². The molecule has 0 aliphatic heterocycles. The molecule has 5 heteroatoms. The van der Waals surface area contributed by atoms with E-state index in [4.69, 9.17) is 9.47 Å². The van der Waals surface area contributed by atoms with Crippen molar-refractivity contribution < 1.29 is 22.6 Å². The zero-order valence-electron chi connectivity index (χ0n) is 13.4. The largest absolute Gasteiger partial charge is 0.496 e. The fourth-order valence-electron chi connectivity index (χ4n) is 2.51. The summed E-state index contributed by atoms with van der Waals surface area (Å²) in [6.07, 6.45) is 0. The molecule has 0 aromatic heterocycles. The quantitative estimate of drug-likeness (QED) is 0.620. The third kappa shape index (κ3) is 3.60. The molecule has 0 N–H and O–H groups in total. The highest BCUT2D eigenvalue weighted by Gasteiger charge is 2.20. The van der Waals surface area contributed by atoms with E-state index in [9.17, 15) is 13.2 Å². The lowest BCUT2D eigenvalue weighted by atomic mass is 10.0. The van der Waals surface area contributed by atoms with Crippen LogP contribution in [0.15, 0.2) is 60.7 Å². The smallest absolute Gasteiger partial charge is 0.170 e. The molecule has 0 atom stereocenters. The first-order valence-electron chi connectivity index (χ1n) is 7.59. The normalized spacial score (nSPS) is 10.6. The van der Waals surface area contributed by atoms with Crippen molar-refractivity contribution in [1.82, 2.24) is 0 Å². The summed E-state index contributed by atoms with van der Waals surface area (Å²) in [5, 5.41) is 0. The van der Waals surface area contributed by atoms with Crippen LogP contribution in [0.3, 0.4) is 0 Å². The van der Waals surface area contributed by atoms with Gasteiger partial charge in [0.25, 0.3) is 0 Å². The van der Waals surface area contributed by atoms with Gasteiger partial charge in [-0.2, -0.15) is 0 Å². The van der Waals surface area contributed by atoms with Crippen molar-refractivity contribution in [3.05, 3.63) is 83.7 Å². The average Bonchev–Trinajstić information content (AvgIpc) is 2.63. The third-order valence-corrected chi connectivity index (χ3v) is 3.73. The van der Waals surface area contributed by atoms with E-state index < -0.39 is 17.5 Å². The third-order valence-electron chi connectivity index (χ3n) is 3.73. The van der Waals surface area contributed by atoms with Crippen molar-refractivity contribution in [3.63, 3.8) is 0 Å². The van der Waals surface area contributed by atoms with Crippen molar-refractivity contribution in [1.29, 1.82) is 0 Å². The van der Waals surface area contributed by atoms with Crippen LogP contribution >= 0.6 is 0 Å². The minimum atomic E-state index is -1.07. The lowest BCUT2D eigenvalue weighted by Crippen LogP contribution is -2.00. The zero-order valence-corrected chi connectivity index (χ0v) is 13.4. The molecule has 0 saturated heterocycles. The molecule has 0 fully saturated rings. The van der Waals surface area contributed by atoms with E-state index >= 15 is 0 Å². The molecule has 0 spiro atoms. The van der Waals surface area contributed by atoms with E-state index in [-0.39, 0.29) is 29.2 Å². The number of halogens is 3. The second kappa shape index (κ2) is 7.30. The molecule has 0 aliphatic carbocycles. The van der Waals surface area contributed by atoms with Crippen LogP contribution in [-0.4, -0.2) is 7.11 Å². The van der Waals surface area contributed by atoms with Gasteiger partial charge in [0.05, 0.1) is 12.7 Å². The molecule has 0 heterocycles. The van der Waals surface area contributed by atoms with Gasteiger partial charge >= 0.3 is 0 Å². The highest BCUT2D eigenvalue weighted by atomic mass is 19.2. The van der Waals surface area contributed by atoms with Crippen LogP contribution in [0.2, 0.25) is 0 Å². The van der Waals surface area contributed by atoms with E-state index in [2.05, 4.69) is 0 Å². The Balaban J connectivity index is 2.04. The molecule has 0 aliphatic rings. The molecule has 0 radical (unpaired) electrons. The Bertz CT molecular complexity index is 880. The molecular formula is C20H15F3O2. The van der Waals surface area contributed by atoms with Crippen molar-refractivity contribution in [3.8, 4) is 22.6 Å². The highest BCUT2D eigenvalue weighted by Crippen LogP contribution is 2.39. The zero-order chi connectivity index (χ0) is 17.8. The van der Waals surface area contributed by atoms with Crippen LogP contribution in [0.1, 0.15) is 5.56 Å². The number of hydrogen-bond donors (Lipinski definition) is 0. The predicted molar refractivity (Wildman–Crippen MR) is 89.1 cm³/mol. The maximum absolute atomic E-state index is 14.4. The topological polar surface area (TPSA) is 18.5 Å². The minimum Gasteiger partial charge on any atom is -0.496 e. The van der Waals surface area contributed by atoms with Gasteiger partial charge in [0.2, 0.25) is 0 Å². The first-order valence-corrected chi connectivity index (χ1v) is 7.59. The number of ether oxygens (including phenoxy) is 2. The Kier molecular flexibility index (Phi) is 4.93. The molecule has 0 bridgehead atoms. The van der Waals surface area contributed by atoms with E-state index in [1.807, 2.05) is 30.3 Å². The maximum Gasteiger partial charge on any atom is 0.170 e. The Hall–Kier alpha value is -2.95. The van der Waals surface area contributed by atoms with Gasteiger partial charge in [-0.05, 0) is 29.8 Å². The standard InChI is InChI=1S/C20H15F3O2/c1-24-17-10-9-16(22)20(23)19(17)15-8-7-14(21)11-18(15)25-12-13-5-3-2-4-6-13/h2-11H,12H2,1H3. The lowest BCUT2D eigenvalue weighted by molar-refractivity contribution is 0.305. The fraction of sp³-hybridized carbons (Fsp3) is 0.100. The van der Waals surface area contributed by atoms with Gasteiger partial charge in [0.1, 0.15) is 23.9 Å². The first-order chi connectivity index (χ1) is 12.1. The van der Waals surface area contributed by atoms with Gasteiger partial charge in [-0.15, -0.1) is 0 Å². The van der Waals surface area contributed by atoms with E-state index in [1.54, 1.807) is 0 Å². The Morgan fingerprint density at radius 2 is 1.60 bits per heavy atom. The number of hydrogen-bond acceptors (Lipinski definition) is 2. The van der Waals surface area contributed by atoms with Gasteiger partial charge in [0, 0.05) is 11.6 Å². The summed E-state index contributed by atoms with van der Waals surface area (Å²) >= 11 is 0. The Labute approximate surface area is 143 Å². The van der Waals surface area contributed by atoms with E-state index in [0.29, 0.717) is 0 Å². The summed E-state index contributed by atoms with van der Waals surface area (Å²) in [4.78, 5) is 0. The summed E-state index contributed by atoms with van der Waals surface area (Å²) < 4.78 is 52.5. The average molecular weight is 344 g/mol. The van der Waals surface area contributed by atoms with Crippen LogP contribution in [0.5, 0.6) is 11.5 Å². The number of benzene rings is 3. The molecule has 25 heavy (non-hydrogen) atoms. The van der Waals surface area contributed by atoms with Gasteiger partial charge < -0.3 is 9.47 Å². The number of methoxy groups -OCH3 is 1. The van der Waals surface area contributed by atoms with Gasteiger partial charge in [-0.25, -0.2) is 13.2 Å². The molecular weight excluding hydrogens is 329 g/mol. The van der Waals surface area contributed by atoms with Crippen LogP contribution in [-0.2, 0) is 6.61 Å². The highest BCUT2D eigenvalue weighted by molar-refractivity contribution is 5.76. The molecule has 3 aromatic rings. The van der Waals surface area contributed by atoms with Gasteiger partial charge in [0.15, 0.2) is 11.6 Å². The van der Waals surface area contributed by atoms with Gasteiger partial charge in [-0.3, -0.25) is 0 Å². The second-order valence-corrected chi connectivity index (χ2v) is 5.35. The van der Waals surface area contributed by atoms with Crippen molar-refractivity contribution in [2.24, 2.45) is 0 Å². The Morgan fingerprint density at radius 3 is 2.32 bits per heavy atom. The molecule has 3 aromatic carbocycles. The number of rotatable bonds is 5. The van der Waals surface area contributed by atoms with Crippen molar-refractivity contribution in [2.45, 2.75) is 6.61 Å². The van der Waals surface area contributed by atoms with E-state index in [1.165, 1.54) is 19.2 Å². The molecule has 3 rings (SSSR count). The van der Waals surface area contributed by atoms with Gasteiger partial charge in [-0.1, -0.05) is 30.3 Å². The van der Waals surface area contributed by atoms with Crippen LogP contribution in [0.4, 0.5) is 13.2 Å². The van der Waals surface area contributed by atoms with Crippen molar-refractivity contribution >= 4 is 0 Å². The fourth-order valence-corrected chi connectivity index (χ4v) is 2.51. The minimum absolute atomic E-state index is 0.103. The molecule has 2 nitrogen and oxygen atoms in total. The second-order valence-electron chi connectivity index (χ2n) is 5.35. The van der Waals surface area contributed by atoms with Crippen LogP contribution < -0.4 is 9.47 Å². The summed E-state index contributed by atoms with van der Waals surface area (Å²) in [5.41, 5.74) is 0.973. The predicted octanol–water partition coefficient (Wildman–Crippen LogP) is 5.36. The monoisotopic (exact) mass is 344 g/mol. The Morgan fingerprint density at radius 1 is 0.840 bits per heavy atom.